The van der Waals surface area contributed by atoms with Crippen LogP contribution in [-0.4, -0.2) is 86.6 Å². The van der Waals surface area contributed by atoms with Crippen LogP contribution in [0.5, 0.6) is 17.4 Å². The summed E-state index contributed by atoms with van der Waals surface area (Å²) in [4.78, 5) is 26.3. The highest BCUT2D eigenvalue weighted by molar-refractivity contribution is 7.89. The molecule has 0 spiro atoms. The molecule has 12 nitrogen and oxygen atoms in total. The van der Waals surface area contributed by atoms with Crippen LogP contribution in [0.4, 0.5) is 18.9 Å². The largest absolute Gasteiger partial charge is 0.477 e. The van der Waals surface area contributed by atoms with E-state index in [9.17, 15) is 26.4 Å². The minimum atomic E-state index is -4.97. The molecule has 3 aromatic heterocycles. The van der Waals surface area contributed by atoms with Crippen molar-refractivity contribution >= 4 is 32.7 Å². The Labute approximate surface area is 281 Å². The Hall–Kier alpha value is -4.41. The number of ether oxygens (including phenoxy) is 3. The van der Waals surface area contributed by atoms with Gasteiger partial charge < -0.3 is 29.4 Å². The van der Waals surface area contributed by atoms with Crippen molar-refractivity contribution in [3.05, 3.63) is 66.1 Å². The number of benzene rings is 1. The van der Waals surface area contributed by atoms with Gasteiger partial charge in [-0.3, -0.25) is 4.79 Å². The topological polar surface area (TPSA) is 139 Å². The Morgan fingerprint density at radius 1 is 1.06 bits per heavy atom. The van der Waals surface area contributed by atoms with Gasteiger partial charge in [-0.25, -0.2) is 22.7 Å². The Bertz CT molecular complexity index is 1910. The number of hydrogen-bond donors (Lipinski definition) is 2. The maximum Gasteiger partial charge on any atom is 0.421 e. The van der Waals surface area contributed by atoms with Gasteiger partial charge in [0.2, 0.25) is 5.88 Å². The van der Waals surface area contributed by atoms with Crippen molar-refractivity contribution in [1.29, 1.82) is 0 Å². The van der Waals surface area contributed by atoms with Crippen LogP contribution in [0.1, 0.15) is 41.6 Å². The summed E-state index contributed by atoms with van der Waals surface area (Å²) in [7, 11) is -2.21. The van der Waals surface area contributed by atoms with E-state index in [4.69, 9.17) is 14.2 Å². The normalized spacial score (nSPS) is 18.8. The van der Waals surface area contributed by atoms with E-state index in [0.29, 0.717) is 53.6 Å². The molecule has 6 rings (SSSR count). The van der Waals surface area contributed by atoms with Crippen molar-refractivity contribution in [1.82, 2.24) is 24.6 Å². The molecule has 2 fully saturated rings. The number of sulfonamides is 1. The number of nitrogens with zero attached hydrogens (tertiary/aromatic N) is 4. The zero-order chi connectivity index (χ0) is 34.8. The molecule has 2 aliphatic rings. The van der Waals surface area contributed by atoms with E-state index >= 15 is 0 Å². The number of para-hydroxylation sites is 1. The van der Waals surface area contributed by atoms with Crippen molar-refractivity contribution < 1.29 is 40.6 Å². The molecule has 0 unspecified atom stereocenters. The molecule has 1 aliphatic heterocycles. The lowest BCUT2D eigenvalue weighted by molar-refractivity contribution is -0.139. The van der Waals surface area contributed by atoms with E-state index in [2.05, 4.69) is 20.3 Å². The van der Waals surface area contributed by atoms with Gasteiger partial charge in [0.05, 0.1) is 36.4 Å². The lowest BCUT2D eigenvalue weighted by Crippen LogP contribution is -2.43. The summed E-state index contributed by atoms with van der Waals surface area (Å²) in [5.74, 6) is -1.33. The Morgan fingerprint density at radius 3 is 2.53 bits per heavy atom. The third-order valence-corrected chi connectivity index (χ3v) is 10.6. The number of carbonyl (C=O) groups excluding carboxylic acids is 1. The summed E-state index contributed by atoms with van der Waals surface area (Å²) in [5.41, 5.74) is -0.284. The molecule has 262 valence electrons. The fraction of sp³-hybridized carbons (Fsp3) is 0.424. The van der Waals surface area contributed by atoms with Gasteiger partial charge in [-0.05, 0) is 61.9 Å². The molecule has 0 bridgehead atoms. The molecule has 2 N–H and O–H groups in total. The van der Waals surface area contributed by atoms with Gasteiger partial charge in [0, 0.05) is 51.9 Å². The molecule has 0 atom stereocenters. The van der Waals surface area contributed by atoms with Gasteiger partial charge in [-0.2, -0.15) is 13.2 Å². The number of piperazine rings is 1. The minimum Gasteiger partial charge on any atom is -0.477 e. The summed E-state index contributed by atoms with van der Waals surface area (Å²) in [6.45, 7) is 2.52. The van der Waals surface area contributed by atoms with Crippen molar-refractivity contribution in [3.63, 3.8) is 0 Å². The first-order chi connectivity index (χ1) is 23.5. The average Bonchev–Trinajstić information content (AvgIpc) is 3.58. The average molecular weight is 703 g/mol. The van der Waals surface area contributed by atoms with E-state index in [-0.39, 0.29) is 29.9 Å². The Balaban J connectivity index is 1.29. The molecule has 1 amide bonds. The number of hydrogen-bond acceptors (Lipinski definition) is 10. The smallest absolute Gasteiger partial charge is 0.421 e. The van der Waals surface area contributed by atoms with Gasteiger partial charge in [0.1, 0.15) is 21.9 Å². The first kappa shape index (κ1) is 34.5. The number of amides is 1. The molecular weight excluding hydrogens is 665 g/mol. The fourth-order valence-electron chi connectivity index (χ4n) is 6.11. The standard InChI is InChI=1S/C33H37F3N6O6S/c1-41(49(44,45)25-17-27(33(34,35)36)31(40-19-25)47-20-21-6-8-23(46-2)9-7-21)32(43)26-4-3-5-28(42-14-12-37-13-15-42)29(26)48-24-16-22-10-11-38-30(22)39-18-24/h3-5,10-11,16-19,21,23,37H,6-9,12-15,20H2,1-2H3,(H,38,39). The summed E-state index contributed by atoms with van der Waals surface area (Å²) in [6, 6.07) is 8.75. The Kier molecular flexibility index (Phi) is 9.99. The molecule has 4 aromatic rings. The lowest BCUT2D eigenvalue weighted by Gasteiger charge is -2.31. The number of H-pyrrole nitrogens is 1. The number of aromatic amines is 1. The number of halogens is 3. The van der Waals surface area contributed by atoms with E-state index in [0.717, 1.165) is 44.3 Å². The van der Waals surface area contributed by atoms with Gasteiger partial charge in [-0.1, -0.05) is 6.07 Å². The maximum atomic E-state index is 14.2. The number of aromatic nitrogens is 3. The first-order valence-corrected chi connectivity index (χ1v) is 17.4. The summed E-state index contributed by atoms with van der Waals surface area (Å²) < 4.78 is 87.7. The number of methoxy groups -OCH3 is 1. The third kappa shape index (κ3) is 7.45. The van der Waals surface area contributed by atoms with Crippen LogP contribution in [0.25, 0.3) is 11.0 Å². The number of alkyl halides is 3. The number of pyridine rings is 2. The predicted octanol–water partition coefficient (Wildman–Crippen LogP) is 5.22. The lowest BCUT2D eigenvalue weighted by atomic mass is 9.88. The van der Waals surface area contributed by atoms with E-state index in [1.165, 1.54) is 12.3 Å². The van der Waals surface area contributed by atoms with Crippen molar-refractivity contribution in [3.8, 4) is 17.4 Å². The van der Waals surface area contributed by atoms with Gasteiger partial charge in [0.15, 0.2) is 5.75 Å². The number of anilines is 1. The molecule has 1 saturated carbocycles. The molecule has 16 heteroatoms. The Morgan fingerprint density at radius 2 is 1.82 bits per heavy atom. The second-order valence-corrected chi connectivity index (χ2v) is 14.0. The van der Waals surface area contributed by atoms with Crippen LogP contribution in [0.15, 0.2) is 59.9 Å². The number of fused-ring (bicyclic) bond motifs is 1. The zero-order valence-corrected chi connectivity index (χ0v) is 27.8. The van der Waals surface area contributed by atoms with E-state index in [1.807, 2.05) is 4.90 Å². The first-order valence-electron chi connectivity index (χ1n) is 15.9. The second kappa shape index (κ2) is 14.2. The fourth-order valence-corrected chi connectivity index (χ4v) is 7.19. The highest BCUT2D eigenvalue weighted by Gasteiger charge is 2.39. The van der Waals surface area contributed by atoms with Crippen molar-refractivity contribution in [2.45, 2.75) is 42.9 Å². The summed E-state index contributed by atoms with van der Waals surface area (Å²) in [6.07, 6.45) is 2.09. The maximum absolute atomic E-state index is 14.2. The zero-order valence-electron chi connectivity index (χ0n) is 27.0. The summed E-state index contributed by atoms with van der Waals surface area (Å²) >= 11 is 0. The van der Waals surface area contributed by atoms with Crippen LogP contribution in [0.2, 0.25) is 0 Å². The molecule has 49 heavy (non-hydrogen) atoms. The van der Waals surface area contributed by atoms with Crippen LogP contribution < -0.4 is 19.7 Å². The number of nitrogens with one attached hydrogen (secondary N) is 2. The van der Waals surface area contributed by atoms with Crippen LogP contribution in [-0.2, 0) is 20.9 Å². The molecule has 1 aliphatic carbocycles. The predicted molar refractivity (Wildman–Crippen MR) is 174 cm³/mol. The van der Waals surface area contributed by atoms with Gasteiger partial charge in [0.25, 0.3) is 15.9 Å². The van der Waals surface area contributed by atoms with Crippen LogP contribution in [0, 0.1) is 5.92 Å². The van der Waals surface area contributed by atoms with Gasteiger partial charge in [-0.15, -0.1) is 0 Å². The molecule has 0 radical (unpaired) electrons. The molecule has 1 aromatic carbocycles. The summed E-state index contributed by atoms with van der Waals surface area (Å²) in [5, 5.41) is 4.02. The highest BCUT2D eigenvalue weighted by Crippen LogP contribution is 2.40. The van der Waals surface area contributed by atoms with Gasteiger partial charge >= 0.3 is 6.18 Å². The van der Waals surface area contributed by atoms with E-state index in [1.54, 1.807) is 37.6 Å². The highest BCUT2D eigenvalue weighted by atomic mass is 32.2. The number of rotatable bonds is 10. The minimum absolute atomic E-state index is 0.00423. The van der Waals surface area contributed by atoms with Crippen molar-refractivity contribution in [2.75, 3.05) is 51.8 Å². The second-order valence-electron chi connectivity index (χ2n) is 12.1. The molecule has 4 heterocycles. The van der Waals surface area contributed by atoms with Crippen LogP contribution >= 0.6 is 0 Å². The monoisotopic (exact) mass is 702 g/mol. The SMILES string of the molecule is COC1CCC(COc2ncc(S(=O)(=O)N(C)C(=O)c3cccc(N4CCNCC4)c3Oc3cnc4[nH]ccc4c3)cc2C(F)(F)F)CC1. The van der Waals surface area contributed by atoms with E-state index < -0.39 is 38.4 Å². The van der Waals surface area contributed by atoms with Crippen LogP contribution in [0.3, 0.4) is 0 Å². The third-order valence-electron chi connectivity index (χ3n) is 8.94. The number of carbonyl (C=O) groups is 1. The van der Waals surface area contributed by atoms with Crippen molar-refractivity contribution in [2.24, 2.45) is 5.92 Å². The molecular formula is C33H37F3N6O6S. The molecule has 1 saturated heterocycles. The quantitative estimate of drug-likeness (QED) is 0.226.